The number of anilines is 2. The van der Waals surface area contributed by atoms with Gasteiger partial charge in [-0.1, -0.05) is 6.92 Å². The number of hydrogen-bond donors (Lipinski definition) is 3. The molecule has 1 heterocycles. The molecule has 0 aromatic heterocycles. The third kappa shape index (κ3) is 4.07. The average Bonchev–Trinajstić information content (AvgIpc) is 2.43. The monoisotopic (exact) mass is 313 g/mol. The van der Waals surface area contributed by atoms with Gasteiger partial charge >= 0.3 is 0 Å². The fourth-order valence-corrected chi connectivity index (χ4v) is 3.23. The van der Waals surface area contributed by atoms with Crippen molar-refractivity contribution in [3.05, 3.63) is 18.2 Å². The molecule has 0 amide bonds. The first-order valence-electron chi connectivity index (χ1n) is 7.01. The van der Waals surface area contributed by atoms with Crippen LogP contribution in [0, 0.1) is 0 Å². The van der Waals surface area contributed by atoms with Crippen LogP contribution in [0.25, 0.3) is 0 Å². The van der Waals surface area contributed by atoms with Crippen molar-refractivity contribution >= 4 is 21.4 Å². The smallest absolute Gasteiger partial charge is 0.240 e. The lowest BCUT2D eigenvalue weighted by Gasteiger charge is -2.33. The van der Waals surface area contributed by atoms with Crippen molar-refractivity contribution in [3.63, 3.8) is 0 Å². The third-order valence-corrected chi connectivity index (χ3v) is 4.99. The van der Waals surface area contributed by atoms with Crippen molar-refractivity contribution in [1.29, 1.82) is 0 Å². The molecule has 0 radical (unpaired) electrons. The fourth-order valence-electron chi connectivity index (χ4n) is 2.16. The number of piperazine rings is 1. The number of benzene rings is 1. The van der Waals surface area contributed by atoms with Crippen molar-refractivity contribution in [3.8, 4) is 0 Å². The number of hydrazine groups is 1. The van der Waals surface area contributed by atoms with Gasteiger partial charge in [-0.2, -0.15) is 0 Å². The number of sulfonamides is 1. The van der Waals surface area contributed by atoms with Crippen molar-refractivity contribution in [2.75, 3.05) is 50.9 Å². The highest BCUT2D eigenvalue weighted by Crippen LogP contribution is 2.23. The Hall–Kier alpha value is -1.35. The summed E-state index contributed by atoms with van der Waals surface area (Å²) in [6.07, 6.45) is 0. The molecule has 118 valence electrons. The molecule has 21 heavy (non-hydrogen) atoms. The van der Waals surface area contributed by atoms with Crippen LogP contribution in [0.2, 0.25) is 0 Å². The van der Waals surface area contributed by atoms with E-state index in [1.807, 2.05) is 0 Å². The SMILES string of the molecule is CCNS(=O)(=O)c1ccc(N)c(NN2CCN(C)CC2)c1. The molecule has 4 N–H and O–H groups in total. The second-order valence-electron chi connectivity index (χ2n) is 5.15. The van der Waals surface area contributed by atoms with E-state index in [2.05, 4.69) is 27.1 Å². The number of nitrogen functional groups attached to an aromatic ring is 1. The molecule has 0 saturated carbocycles. The van der Waals surface area contributed by atoms with Crippen LogP contribution in [-0.2, 0) is 10.0 Å². The molecule has 1 saturated heterocycles. The molecule has 1 aliphatic heterocycles. The van der Waals surface area contributed by atoms with Crippen LogP contribution in [0.3, 0.4) is 0 Å². The van der Waals surface area contributed by atoms with Crippen LogP contribution >= 0.6 is 0 Å². The molecule has 2 rings (SSSR count). The summed E-state index contributed by atoms with van der Waals surface area (Å²) in [4.78, 5) is 2.46. The molecule has 1 aromatic rings. The lowest BCUT2D eigenvalue weighted by molar-refractivity contribution is 0.179. The number of nitrogens with two attached hydrogens (primary N) is 1. The zero-order valence-corrected chi connectivity index (χ0v) is 13.3. The Morgan fingerprint density at radius 2 is 1.90 bits per heavy atom. The van der Waals surface area contributed by atoms with Gasteiger partial charge in [0.25, 0.3) is 0 Å². The van der Waals surface area contributed by atoms with E-state index in [1.54, 1.807) is 19.1 Å². The molecule has 0 spiro atoms. The maximum absolute atomic E-state index is 12.0. The standard InChI is InChI=1S/C13H23N5O2S/c1-3-15-21(19,20)11-4-5-12(14)13(10-11)16-18-8-6-17(2)7-9-18/h4-5,10,15-16H,3,6-9,14H2,1-2H3. The maximum Gasteiger partial charge on any atom is 0.240 e. The molecular formula is C13H23N5O2S. The van der Waals surface area contributed by atoms with E-state index in [9.17, 15) is 8.42 Å². The summed E-state index contributed by atoms with van der Waals surface area (Å²) in [5.74, 6) is 0. The zero-order chi connectivity index (χ0) is 15.5. The Labute approximate surface area is 126 Å². The maximum atomic E-state index is 12.0. The van der Waals surface area contributed by atoms with E-state index in [1.165, 1.54) is 6.07 Å². The van der Waals surface area contributed by atoms with Crippen LogP contribution in [0.5, 0.6) is 0 Å². The van der Waals surface area contributed by atoms with Gasteiger partial charge in [0.05, 0.1) is 16.3 Å². The Bertz CT molecular complexity index is 582. The summed E-state index contributed by atoms with van der Waals surface area (Å²) in [7, 11) is -1.39. The van der Waals surface area contributed by atoms with Crippen LogP contribution in [-0.4, -0.2) is 58.1 Å². The van der Waals surface area contributed by atoms with Gasteiger partial charge in [-0.25, -0.2) is 18.1 Å². The van der Waals surface area contributed by atoms with E-state index >= 15 is 0 Å². The van der Waals surface area contributed by atoms with Crippen molar-refractivity contribution in [2.45, 2.75) is 11.8 Å². The van der Waals surface area contributed by atoms with Gasteiger partial charge in [-0.15, -0.1) is 0 Å². The van der Waals surface area contributed by atoms with Gasteiger partial charge in [0.1, 0.15) is 0 Å². The Morgan fingerprint density at radius 3 is 2.52 bits per heavy atom. The summed E-state index contributed by atoms with van der Waals surface area (Å²) < 4.78 is 26.5. The van der Waals surface area contributed by atoms with Crippen molar-refractivity contribution in [2.24, 2.45) is 0 Å². The van der Waals surface area contributed by atoms with Gasteiger partial charge in [0.2, 0.25) is 10.0 Å². The molecule has 0 atom stereocenters. The summed E-state index contributed by atoms with van der Waals surface area (Å²) >= 11 is 0. The van der Waals surface area contributed by atoms with Crippen LogP contribution < -0.4 is 15.9 Å². The average molecular weight is 313 g/mol. The number of hydrogen-bond acceptors (Lipinski definition) is 6. The highest BCUT2D eigenvalue weighted by atomic mass is 32.2. The fraction of sp³-hybridized carbons (Fsp3) is 0.538. The molecule has 1 aliphatic rings. The molecular weight excluding hydrogens is 290 g/mol. The normalized spacial score (nSPS) is 17.8. The first kappa shape index (κ1) is 16.0. The lowest BCUT2D eigenvalue weighted by atomic mass is 10.3. The Morgan fingerprint density at radius 1 is 1.24 bits per heavy atom. The minimum Gasteiger partial charge on any atom is -0.397 e. The van der Waals surface area contributed by atoms with Crippen molar-refractivity contribution in [1.82, 2.24) is 14.6 Å². The molecule has 1 aromatic carbocycles. The van der Waals surface area contributed by atoms with Crippen LogP contribution in [0.15, 0.2) is 23.1 Å². The second-order valence-corrected chi connectivity index (χ2v) is 6.92. The van der Waals surface area contributed by atoms with E-state index in [4.69, 9.17) is 5.73 Å². The summed E-state index contributed by atoms with van der Waals surface area (Å²) in [5, 5.41) is 2.05. The second kappa shape index (κ2) is 6.61. The molecule has 1 fully saturated rings. The Kier molecular flexibility index (Phi) is 5.04. The van der Waals surface area contributed by atoms with Gasteiger partial charge < -0.3 is 16.1 Å². The molecule has 0 bridgehead atoms. The number of nitrogens with one attached hydrogen (secondary N) is 2. The zero-order valence-electron chi connectivity index (χ0n) is 12.5. The van der Waals surface area contributed by atoms with Crippen LogP contribution in [0.4, 0.5) is 11.4 Å². The summed E-state index contributed by atoms with van der Waals surface area (Å²) in [6.45, 7) is 5.75. The Balaban J connectivity index is 2.16. The lowest BCUT2D eigenvalue weighted by Crippen LogP contribution is -2.47. The predicted molar refractivity (Wildman–Crippen MR) is 84.4 cm³/mol. The molecule has 8 heteroatoms. The minimum absolute atomic E-state index is 0.218. The molecule has 0 aliphatic carbocycles. The van der Waals surface area contributed by atoms with Gasteiger partial charge in [0, 0.05) is 32.7 Å². The van der Waals surface area contributed by atoms with Gasteiger partial charge in [-0.05, 0) is 25.2 Å². The summed E-state index contributed by atoms with van der Waals surface area (Å²) in [5.41, 5.74) is 10.3. The minimum atomic E-state index is -3.47. The molecule has 7 nitrogen and oxygen atoms in total. The molecule has 0 unspecified atom stereocenters. The van der Waals surface area contributed by atoms with Gasteiger partial charge in [0.15, 0.2) is 0 Å². The largest absolute Gasteiger partial charge is 0.397 e. The predicted octanol–water partition coefficient (Wildman–Crippen LogP) is 0.141. The number of nitrogens with zero attached hydrogens (tertiary/aromatic N) is 2. The highest BCUT2D eigenvalue weighted by molar-refractivity contribution is 7.89. The first-order valence-corrected chi connectivity index (χ1v) is 8.50. The van der Waals surface area contributed by atoms with E-state index in [0.29, 0.717) is 17.9 Å². The third-order valence-electron chi connectivity index (χ3n) is 3.45. The van der Waals surface area contributed by atoms with E-state index in [-0.39, 0.29) is 4.90 Å². The number of likely N-dealkylation sites (N-methyl/N-ethyl adjacent to an activating group) is 1. The van der Waals surface area contributed by atoms with Crippen molar-refractivity contribution < 1.29 is 8.42 Å². The summed E-state index contributed by atoms with van der Waals surface area (Å²) in [6, 6.07) is 4.71. The van der Waals surface area contributed by atoms with E-state index < -0.39 is 10.0 Å². The van der Waals surface area contributed by atoms with Gasteiger partial charge in [-0.3, -0.25) is 0 Å². The highest BCUT2D eigenvalue weighted by Gasteiger charge is 2.17. The van der Waals surface area contributed by atoms with E-state index in [0.717, 1.165) is 26.2 Å². The van der Waals surface area contributed by atoms with Crippen LogP contribution in [0.1, 0.15) is 6.92 Å². The first-order chi connectivity index (χ1) is 9.92. The quantitative estimate of drug-likeness (QED) is 0.670. The number of rotatable bonds is 5. The topological polar surface area (TPSA) is 90.7 Å².